The maximum Gasteiger partial charge on any atom is 0.227 e. The van der Waals surface area contributed by atoms with Crippen molar-refractivity contribution in [1.82, 2.24) is 9.88 Å². The van der Waals surface area contributed by atoms with Gasteiger partial charge in [0.05, 0.1) is 25.7 Å². The first-order valence-electron chi connectivity index (χ1n) is 6.80. The van der Waals surface area contributed by atoms with Crippen LogP contribution < -0.4 is 4.74 Å². The van der Waals surface area contributed by atoms with E-state index in [1.807, 2.05) is 30.3 Å². The molecule has 2 aromatic rings. The Kier molecular flexibility index (Phi) is 4.06. The van der Waals surface area contributed by atoms with Gasteiger partial charge in [-0.25, -0.2) is 0 Å². The van der Waals surface area contributed by atoms with Gasteiger partial charge in [0.15, 0.2) is 0 Å². The Morgan fingerprint density at radius 2 is 2.10 bits per heavy atom. The smallest absolute Gasteiger partial charge is 0.227 e. The second-order valence-corrected chi connectivity index (χ2v) is 5.40. The number of carbonyl (C=O) groups excluding carboxylic acids is 1. The summed E-state index contributed by atoms with van der Waals surface area (Å²) in [5.41, 5.74) is 0.862. The minimum absolute atomic E-state index is 0.0457. The van der Waals surface area contributed by atoms with Gasteiger partial charge in [0.2, 0.25) is 5.91 Å². The first-order chi connectivity index (χ1) is 10.2. The fourth-order valence-corrected chi connectivity index (χ4v) is 2.44. The lowest BCUT2D eigenvalue weighted by Gasteiger charge is -2.39. The van der Waals surface area contributed by atoms with Crippen molar-refractivity contribution < 1.29 is 9.53 Å². The van der Waals surface area contributed by atoms with E-state index in [4.69, 9.17) is 16.3 Å². The first-order valence-corrected chi connectivity index (χ1v) is 7.18. The van der Waals surface area contributed by atoms with Crippen LogP contribution in [0, 0.1) is 0 Å². The molecule has 5 heteroatoms. The minimum atomic E-state index is 0.0457. The van der Waals surface area contributed by atoms with E-state index in [2.05, 4.69) is 4.98 Å². The van der Waals surface area contributed by atoms with E-state index in [0.717, 1.165) is 11.3 Å². The Balaban J connectivity index is 1.50. The van der Waals surface area contributed by atoms with E-state index >= 15 is 0 Å². The van der Waals surface area contributed by atoms with Gasteiger partial charge in [-0.1, -0.05) is 29.8 Å². The van der Waals surface area contributed by atoms with E-state index in [-0.39, 0.29) is 12.0 Å². The van der Waals surface area contributed by atoms with Gasteiger partial charge in [0.1, 0.15) is 11.9 Å². The van der Waals surface area contributed by atoms with Gasteiger partial charge >= 0.3 is 0 Å². The maximum atomic E-state index is 12.1. The molecule has 1 aliphatic rings. The second kappa shape index (κ2) is 6.14. The van der Waals surface area contributed by atoms with Gasteiger partial charge in [-0.3, -0.25) is 9.78 Å². The number of amides is 1. The summed E-state index contributed by atoms with van der Waals surface area (Å²) in [6.07, 6.45) is 3.75. The molecular formula is C16H15ClN2O2. The molecule has 2 heterocycles. The summed E-state index contributed by atoms with van der Waals surface area (Å²) < 4.78 is 5.72. The summed E-state index contributed by atoms with van der Waals surface area (Å²) in [6.45, 7) is 1.22. The van der Waals surface area contributed by atoms with Crippen LogP contribution in [0.1, 0.15) is 5.56 Å². The zero-order valence-electron chi connectivity index (χ0n) is 11.4. The third-order valence-electron chi connectivity index (χ3n) is 3.44. The third kappa shape index (κ3) is 3.34. The molecule has 108 valence electrons. The van der Waals surface area contributed by atoms with Crippen LogP contribution in [0.3, 0.4) is 0 Å². The molecule has 1 aromatic heterocycles. The highest BCUT2D eigenvalue weighted by molar-refractivity contribution is 6.31. The summed E-state index contributed by atoms with van der Waals surface area (Å²) in [7, 11) is 0. The number of ether oxygens (including phenoxy) is 1. The average molecular weight is 303 g/mol. The highest BCUT2D eigenvalue weighted by Gasteiger charge is 2.32. The summed E-state index contributed by atoms with van der Waals surface area (Å²) in [5, 5.41) is 0.634. The molecule has 0 aliphatic carbocycles. The molecule has 21 heavy (non-hydrogen) atoms. The maximum absolute atomic E-state index is 12.1. The first kappa shape index (κ1) is 13.9. The van der Waals surface area contributed by atoms with Crippen molar-refractivity contribution in [2.45, 2.75) is 12.5 Å². The van der Waals surface area contributed by atoms with Crippen molar-refractivity contribution in [1.29, 1.82) is 0 Å². The number of hydrogen-bond acceptors (Lipinski definition) is 3. The van der Waals surface area contributed by atoms with Crippen LogP contribution >= 0.6 is 11.6 Å². The molecular weight excluding hydrogens is 288 g/mol. The Labute approximate surface area is 128 Å². The van der Waals surface area contributed by atoms with E-state index in [1.165, 1.54) is 0 Å². The van der Waals surface area contributed by atoms with Gasteiger partial charge in [-0.15, -0.1) is 0 Å². The number of carbonyl (C=O) groups is 1. The van der Waals surface area contributed by atoms with Crippen LogP contribution in [0.4, 0.5) is 0 Å². The number of nitrogens with zero attached hydrogens (tertiary/aromatic N) is 2. The number of pyridine rings is 1. The highest BCUT2D eigenvalue weighted by Crippen LogP contribution is 2.20. The standard InChI is InChI=1S/C16H15ClN2O2/c17-15-6-2-1-4-12(15)8-16(20)19-10-14(11-19)21-13-5-3-7-18-9-13/h1-7,9,14H,8,10-11H2. The number of likely N-dealkylation sites (tertiary alicyclic amines) is 1. The Morgan fingerprint density at radius 1 is 1.29 bits per heavy atom. The zero-order valence-corrected chi connectivity index (χ0v) is 12.2. The van der Waals surface area contributed by atoms with Gasteiger partial charge in [-0.05, 0) is 23.8 Å². The Hall–Kier alpha value is -2.07. The molecule has 1 saturated heterocycles. The monoisotopic (exact) mass is 302 g/mol. The second-order valence-electron chi connectivity index (χ2n) is 5.00. The molecule has 0 atom stereocenters. The summed E-state index contributed by atoms with van der Waals surface area (Å²) in [4.78, 5) is 17.9. The predicted octanol–water partition coefficient (Wildman–Crippen LogP) is 2.57. The van der Waals surface area contributed by atoms with E-state index < -0.39 is 0 Å². The van der Waals surface area contributed by atoms with Crippen LogP contribution in [-0.2, 0) is 11.2 Å². The highest BCUT2D eigenvalue weighted by atomic mass is 35.5. The van der Waals surface area contributed by atoms with Gasteiger partial charge in [0, 0.05) is 11.2 Å². The van der Waals surface area contributed by atoms with E-state index in [1.54, 1.807) is 23.4 Å². The van der Waals surface area contributed by atoms with Crippen molar-refractivity contribution in [3.8, 4) is 5.75 Å². The lowest BCUT2D eigenvalue weighted by molar-refractivity contribution is -0.139. The van der Waals surface area contributed by atoms with E-state index in [0.29, 0.717) is 24.5 Å². The quantitative estimate of drug-likeness (QED) is 0.872. The van der Waals surface area contributed by atoms with Crippen LogP contribution in [0.5, 0.6) is 5.75 Å². The molecule has 1 aromatic carbocycles. The third-order valence-corrected chi connectivity index (χ3v) is 3.81. The number of halogens is 1. The predicted molar refractivity (Wildman–Crippen MR) is 80.4 cm³/mol. The van der Waals surface area contributed by atoms with Gasteiger partial charge < -0.3 is 9.64 Å². The molecule has 0 unspecified atom stereocenters. The van der Waals surface area contributed by atoms with Gasteiger partial charge in [-0.2, -0.15) is 0 Å². The number of benzene rings is 1. The minimum Gasteiger partial charge on any atom is -0.485 e. The molecule has 1 fully saturated rings. The normalized spacial score (nSPS) is 14.6. The Morgan fingerprint density at radius 3 is 2.81 bits per heavy atom. The van der Waals surface area contributed by atoms with Crippen molar-refractivity contribution in [3.63, 3.8) is 0 Å². The average Bonchev–Trinajstić information content (AvgIpc) is 2.46. The fourth-order valence-electron chi connectivity index (χ4n) is 2.24. The van der Waals surface area contributed by atoms with Crippen LogP contribution in [0.2, 0.25) is 5.02 Å². The van der Waals surface area contributed by atoms with Crippen molar-refractivity contribution in [2.24, 2.45) is 0 Å². The molecule has 0 saturated carbocycles. The molecule has 0 radical (unpaired) electrons. The summed E-state index contributed by atoms with van der Waals surface area (Å²) >= 11 is 6.07. The fraction of sp³-hybridized carbons (Fsp3) is 0.250. The van der Waals surface area contributed by atoms with Gasteiger partial charge in [0.25, 0.3) is 0 Å². The SMILES string of the molecule is O=C(Cc1ccccc1Cl)N1CC(Oc2cccnc2)C1. The topological polar surface area (TPSA) is 42.4 Å². The van der Waals surface area contributed by atoms with Crippen molar-refractivity contribution in [3.05, 3.63) is 59.4 Å². The molecule has 4 nitrogen and oxygen atoms in total. The molecule has 1 aliphatic heterocycles. The molecule has 1 amide bonds. The molecule has 0 N–H and O–H groups in total. The lowest BCUT2D eigenvalue weighted by Crippen LogP contribution is -2.56. The zero-order chi connectivity index (χ0) is 14.7. The number of aromatic nitrogens is 1. The van der Waals surface area contributed by atoms with Crippen molar-refractivity contribution in [2.75, 3.05) is 13.1 Å². The van der Waals surface area contributed by atoms with Crippen molar-refractivity contribution >= 4 is 17.5 Å². The van der Waals surface area contributed by atoms with Crippen LogP contribution in [-0.4, -0.2) is 35.0 Å². The van der Waals surface area contributed by atoms with E-state index in [9.17, 15) is 4.79 Å². The molecule has 0 spiro atoms. The van der Waals surface area contributed by atoms with Crippen LogP contribution in [0.25, 0.3) is 0 Å². The largest absolute Gasteiger partial charge is 0.485 e. The van der Waals surface area contributed by atoms with Crippen LogP contribution in [0.15, 0.2) is 48.8 Å². The molecule has 0 bridgehead atoms. The Bertz CT molecular complexity index is 627. The lowest BCUT2D eigenvalue weighted by atomic mass is 10.1. The number of hydrogen-bond donors (Lipinski definition) is 0. The number of rotatable bonds is 4. The molecule has 3 rings (SSSR count). The summed E-state index contributed by atoms with van der Waals surface area (Å²) in [6, 6.07) is 11.1. The summed E-state index contributed by atoms with van der Waals surface area (Å²) in [5.74, 6) is 0.815.